The van der Waals surface area contributed by atoms with Crippen LogP contribution in [0.2, 0.25) is 0 Å². The summed E-state index contributed by atoms with van der Waals surface area (Å²) in [5, 5.41) is 20.9. The summed E-state index contributed by atoms with van der Waals surface area (Å²) < 4.78 is 11.0. The lowest BCUT2D eigenvalue weighted by molar-refractivity contribution is 0.166. The van der Waals surface area contributed by atoms with Gasteiger partial charge in [-0.05, 0) is 26.0 Å². The summed E-state index contributed by atoms with van der Waals surface area (Å²) in [5.74, 6) is 0.965. The van der Waals surface area contributed by atoms with Gasteiger partial charge in [-0.3, -0.25) is 5.10 Å². The van der Waals surface area contributed by atoms with E-state index in [9.17, 15) is 5.11 Å². The molecule has 0 fully saturated rings. The first-order valence-electron chi connectivity index (χ1n) is 7.24. The third-order valence-electron chi connectivity index (χ3n) is 3.76. The van der Waals surface area contributed by atoms with Crippen molar-refractivity contribution in [1.82, 2.24) is 15.2 Å². The molecule has 3 heterocycles. The van der Waals surface area contributed by atoms with Gasteiger partial charge in [0.25, 0.3) is 0 Å². The average molecular weight is 329 g/mol. The van der Waals surface area contributed by atoms with E-state index in [4.69, 9.17) is 9.47 Å². The van der Waals surface area contributed by atoms with E-state index >= 15 is 0 Å². The lowest BCUT2D eigenvalue weighted by Gasteiger charge is -2.20. The molecule has 4 rings (SSSR count). The van der Waals surface area contributed by atoms with Gasteiger partial charge in [-0.2, -0.15) is 5.10 Å². The van der Waals surface area contributed by atoms with Crippen molar-refractivity contribution < 1.29 is 14.6 Å². The van der Waals surface area contributed by atoms with Crippen LogP contribution < -0.4 is 9.47 Å². The fraction of sp³-hybridized carbons (Fsp3) is 0.250. The van der Waals surface area contributed by atoms with Crippen LogP contribution in [0.25, 0.3) is 22.5 Å². The molecule has 1 aliphatic rings. The number of benzene rings is 1. The third-order valence-corrected chi connectivity index (χ3v) is 4.53. The topological polar surface area (TPSA) is 80.3 Å². The normalized spacial score (nSPS) is 13.3. The van der Waals surface area contributed by atoms with Crippen molar-refractivity contribution in [3.8, 4) is 39.8 Å². The fourth-order valence-corrected chi connectivity index (χ4v) is 3.31. The van der Waals surface area contributed by atoms with Crippen LogP contribution in [0.15, 0.2) is 17.5 Å². The quantitative estimate of drug-likeness (QED) is 0.754. The van der Waals surface area contributed by atoms with Gasteiger partial charge in [0.15, 0.2) is 11.5 Å². The van der Waals surface area contributed by atoms with Crippen LogP contribution >= 0.6 is 11.3 Å². The second-order valence-corrected chi connectivity index (χ2v) is 6.37. The highest BCUT2D eigenvalue weighted by atomic mass is 32.1. The minimum Gasteiger partial charge on any atom is -0.504 e. The molecule has 0 bridgehead atoms. The summed E-state index contributed by atoms with van der Waals surface area (Å²) in [4.78, 5) is 4.54. The van der Waals surface area contributed by atoms with Crippen LogP contribution in [0, 0.1) is 13.8 Å². The Balaban J connectivity index is 1.89. The minimum absolute atomic E-state index is 0.0434. The van der Waals surface area contributed by atoms with Gasteiger partial charge in [0.1, 0.15) is 18.9 Å². The van der Waals surface area contributed by atoms with E-state index < -0.39 is 0 Å². The maximum atomic E-state index is 10.6. The number of nitrogens with one attached hydrogen (secondary N) is 1. The van der Waals surface area contributed by atoms with Crippen molar-refractivity contribution >= 4 is 11.3 Å². The van der Waals surface area contributed by atoms with Gasteiger partial charge in [0, 0.05) is 22.2 Å². The number of fused-ring (bicyclic) bond motifs is 1. The third kappa shape index (κ3) is 2.24. The molecule has 0 radical (unpaired) electrons. The standard InChI is InChI=1S/C16H15N3O3S/c1-8-13(11-7-23-9(2)17-11)14(19-18-8)10-3-4-12-16(15(10)20)22-6-5-21-12/h3-4,7,20H,5-6H2,1-2H3,(H,18,19). The second kappa shape index (κ2) is 5.27. The summed E-state index contributed by atoms with van der Waals surface area (Å²) in [7, 11) is 0. The van der Waals surface area contributed by atoms with E-state index in [2.05, 4.69) is 15.2 Å². The molecule has 0 atom stereocenters. The zero-order valence-corrected chi connectivity index (χ0v) is 13.5. The molecule has 23 heavy (non-hydrogen) atoms. The number of aromatic hydroxyl groups is 1. The highest BCUT2D eigenvalue weighted by Crippen LogP contribution is 2.46. The number of H-pyrrole nitrogens is 1. The van der Waals surface area contributed by atoms with Gasteiger partial charge in [0.2, 0.25) is 5.75 Å². The Labute approximate surface area is 136 Å². The average Bonchev–Trinajstić information content (AvgIpc) is 3.14. The molecule has 0 saturated heterocycles. The fourth-order valence-electron chi connectivity index (χ4n) is 2.71. The molecule has 0 amide bonds. The largest absolute Gasteiger partial charge is 0.504 e. The first-order chi connectivity index (χ1) is 11.1. The number of phenols is 1. The van der Waals surface area contributed by atoms with Crippen molar-refractivity contribution in [2.75, 3.05) is 13.2 Å². The van der Waals surface area contributed by atoms with Crippen LogP contribution in [-0.4, -0.2) is 33.5 Å². The number of aromatic amines is 1. The molecule has 1 aromatic carbocycles. The van der Waals surface area contributed by atoms with Crippen molar-refractivity contribution in [3.05, 3.63) is 28.2 Å². The van der Waals surface area contributed by atoms with E-state index in [0.29, 0.717) is 36.0 Å². The smallest absolute Gasteiger partial charge is 0.204 e. The van der Waals surface area contributed by atoms with Crippen LogP contribution in [-0.2, 0) is 0 Å². The van der Waals surface area contributed by atoms with E-state index in [1.807, 2.05) is 19.2 Å². The van der Waals surface area contributed by atoms with Crippen LogP contribution in [0.5, 0.6) is 17.2 Å². The van der Waals surface area contributed by atoms with E-state index in [-0.39, 0.29) is 5.75 Å². The number of nitrogens with zero attached hydrogens (tertiary/aromatic N) is 2. The zero-order chi connectivity index (χ0) is 16.0. The van der Waals surface area contributed by atoms with Gasteiger partial charge < -0.3 is 14.6 Å². The molecule has 3 aromatic rings. The van der Waals surface area contributed by atoms with Crippen molar-refractivity contribution in [2.24, 2.45) is 0 Å². The van der Waals surface area contributed by atoms with E-state index in [0.717, 1.165) is 22.0 Å². The molecule has 2 aromatic heterocycles. The van der Waals surface area contributed by atoms with Crippen LogP contribution in [0.1, 0.15) is 10.7 Å². The summed E-state index contributed by atoms with van der Waals surface area (Å²) in [6.07, 6.45) is 0. The highest BCUT2D eigenvalue weighted by Gasteiger charge is 2.24. The predicted octanol–water partition coefficient (Wildman–Crippen LogP) is 3.29. The molecule has 118 valence electrons. The second-order valence-electron chi connectivity index (χ2n) is 5.31. The maximum Gasteiger partial charge on any atom is 0.204 e. The molecule has 0 aliphatic carbocycles. The van der Waals surface area contributed by atoms with Crippen molar-refractivity contribution in [1.29, 1.82) is 0 Å². The van der Waals surface area contributed by atoms with Crippen LogP contribution in [0.4, 0.5) is 0 Å². The number of aryl methyl sites for hydroxylation is 2. The van der Waals surface area contributed by atoms with Crippen molar-refractivity contribution in [2.45, 2.75) is 13.8 Å². The Morgan fingerprint density at radius 2 is 2.04 bits per heavy atom. The lowest BCUT2D eigenvalue weighted by atomic mass is 10.0. The Kier molecular flexibility index (Phi) is 3.23. The molecule has 0 spiro atoms. The number of thiazole rings is 1. The van der Waals surface area contributed by atoms with Gasteiger partial charge >= 0.3 is 0 Å². The molecular weight excluding hydrogens is 314 g/mol. The molecule has 1 aliphatic heterocycles. The summed E-state index contributed by atoms with van der Waals surface area (Å²) in [6, 6.07) is 3.59. The molecule has 0 unspecified atom stereocenters. The van der Waals surface area contributed by atoms with Gasteiger partial charge in [-0.15, -0.1) is 11.3 Å². The summed E-state index contributed by atoms with van der Waals surface area (Å²) in [6.45, 7) is 4.80. The molecule has 2 N–H and O–H groups in total. The SMILES string of the molecule is Cc1nc(-c2c(-c3ccc4c(c3O)OCCO4)n[nH]c2C)cs1. The number of ether oxygens (including phenoxy) is 2. The van der Waals surface area contributed by atoms with Gasteiger partial charge in [-0.25, -0.2) is 4.98 Å². The highest BCUT2D eigenvalue weighted by molar-refractivity contribution is 7.09. The number of hydrogen-bond donors (Lipinski definition) is 2. The maximum absolute atomic E-state index is 10.6. The number of aromatic nitrogens is 3. The summed E-state index contributed by atoms with van der Waals surface area (Å²) >= 11 is 1.58. The molecular formula is C16H15N3O3S. The van der Waals surface area contributed by atoms with E-state index in [1.165, 1.54) is 0 Å². The van der Waals surface area contributed by atoms with Crippen molar-refractivity contribution in [3.63, 3.8) is 0 Å². The van der Waals surface area contributed by atoms with Gasteiger partial charge in [-0.1, -0.05) is 0 Å². The molecule has 6 nitrogen and oxygen atoms in total. The van der Waals surface area contributed by atoms with Crippen LogP contribution in [0.3, 0.4) is 0 Å². The molecule has 0 saturated carbocycles. The number of phenolic OH excluding ortho intramolecular Hbond substituents is 1. The van der Waals surface area contributed by atoms with E-state index in [1.54, 1.807) is 23.5 Å². The Hall–Kier alpha value is -2.54. The Morgan fingerprint density at radius 3 is 2.83 bits per heavy atom. The number of rotatable bonds is 2. The molecule has 7 heteroatoms. The monoisotopic (exact) mass is 329 g/mol. The number of hydrogen-bond acceptors (Lipinski definition) is 6. The zero-order valence-electron chi connectivity index (χ0n) is 12.7. The predicted molar refractivity (Wildman–Crippen MR) is 87.3 cm³/mol. The summed E-state index contributed by atoms with van der Waals surface area (Å²) in [5.41, 5.74) is 3.89. The lowest BCUT2D eigenvalue weighted by Crippen LogP contribution is -2.15. The first-order valence-corrected chi connectivity index (χ1v) is 8.12. The Morgan fingerprint density at radius 1 is 1.22 bits per heavy atom. The minimum atomic E-state index is 0.0434. The van der Waals surface area contributed by atoms with Gasteiger partial charge in [0.05, 0.1) is 10.7 Å². The first kappa shape index (κ1) is 14.1. The Bertz CT molecular complexity index is 885.